The topological polar surface area (TPSA) is 78.2 Å². The van der Waals surface area contributed by atoms with Crippen molar-refractivity contribution in [3.05, 3.63) is 40.3 Å². The molecule has 5 heteroatoms. The van der Waals surface area contributed by atoms with Gasteiger partial charge in [0, 0.05) is 11.5 Å². The van der Waals surface area contributed by atoms with Crippen molar-refractivity contribution >= 4 is 6.08 Å². The summed E-state index contributed by atoms with van der Waals surface area (Å²) in [6.45, 7) is 0.447. The second-order valence-electron chi connectivity index (χ2n) is 3.08. The third-order valence-corrected chi connectivity index (χ3v) is 1.97. The summed E-state index contributed by atoms with van der Waals surface area (Å²) in [5.41, 5.74) is 9.00. The Hall–Kier alpha value is -2.13. The van der Waals surface area contributed by atoms with Gasteiger partial charge in [0.15, 0.2) is 11.5 Å². The first-order chi connectivity index (χ1) is 7.77. The van der Waals surface area contributed by atoms with Gasteiger partial charge in [-0.25, -0.2) is 0 Å². The minimum absolute atomic E-state index is 0.119. The Morgan fingerprint density at radius 2 is 2.38 bits per heavy atom. The van der Waals surface area contributed by atoms with Gasteiger partial charge in [-0.1, -0.05) is 23.3 Å². The standard InChI is InChI=1S/C11H13N3O2/c1-16-11-8-9(5-6-10(11)15)4-2-3-7-13-14-12/h2,4-6,8,15H,3,7H2,1H3. The van der Waals surface area contributed by atoms with E-state index in [2.05, 4.69) is 10.0 Å². The molecule has 0 aliphatic carbocycles. The molecule has 1 N–H and O–H groups in total. The predicted molar refractivity (Wildman–Crippen MR) is 62.3 cm³/mol. The van der Waals surface area contributed by atoms with Crippen LogP contribution < -0.4 is 4.74 Å². The molecule has 0 aliphatic heterocycles. The molecule has 16 heavy (non-hydrogen) atoms. The molecule has 0 amide bonds. The zero-order chi connectivity index (χ0) is 11.8. The van der Waals surface area contributed by atoms with E-state index in [1.807, 2.05) is 12.2 Å². The van der Waals surface area contributed by atoms with Crippen molar-refractivity contribution in [1.82, 2.24) is 0 Å². The molecule has 0 aliphatic rings. The van der Waals surface area contributed by atoms with Crippen LogP contribution in [0, 0.1) is 0 Å². The van der Waals surface area contributed by atoms with Gasteiger partial charge in [-0.05, 0) is 29.6 Å². The van der Waals surface area contributed by atoms with Crippen molar-refractivity contribution in [3.63, 3.8) is 0 Å². The molecular weight excluding hydrogens is 206 g/mol. The molecule has 1 aromatic rings. The average molecular weight is 219 g/mol. The predicted octanol–water partition coefficient (Wildman–Crippen LogP) is 3.11. The molecule has 1 aromatic carbocycles. The molecule has 0 saturated heterocycles. The third-order valence-electron chi connectivity index (χ3n) is 1.97. The second-order valence-corrected chi connectivity index (χ2v) is 3.08. The maximum atomic E-state index is 9.37. The minimum Gasteiger partial charge on any atom is -0.504 e. The van der Waals surface area contributed by atoms with E-state index in [9.17, 15) is 5.11 Å². The van der Waals surface area contributed by atoms with Crippen LogP contribution in [0.4, 0.5) is 0 Å². The van der Waals surface area contributed by atoms with Gasteiger partial charge in [-0.2, -0.15) is 0 Å². The van der Waals surface area contributed by atoms with Crippen molar-refractivity contribution in [2.75, 3.05) is 13.7 Å². The van der Waals surface area contributed by atoms with Crippen LogP contribution in [0.25, 0.3) is 16.5 Å². The molecule has 1 rings (SSSR count). The molecule has 0 saturated carbocycles. The lowest BCUT2D eigenvalue weighted by Gasteiger charge is -2.03. The number of hydrogen-bond donors (Lipinski definition) is 1. The van der Waals surface area contributed by atoms with Gasteiger partial charge in [0.2, 0.25) is 0 Å². The summed E-state index contributed by atoms with van der Waals surface area (Å²) in [5, 5.41) is 12.8. The van der Waals surface area contributed by atoms with Gasteiger partial charge in [0.1, 0.15) is 0 Å². The molecule has 0 bridgehead atoms. The molecule has 5 nitrogen and oxygen atoms in total. The number of phenolic OH excluding ortho intramolecular Hbond substituents is 1. The summed E-state index contributed by atoms with van der Waals surface area (Å²) in [6.07, 6.45) is 4.47. The summed E-state index contributed by atoms with van der Waals surface area (Å²) in [4.78, 5) is 2.66. The lowest BCUT2D eigenvalue weighted by molar-refractivity contribution is 0.373. The number of aromatic hydroxyl groups is 1. The summed E-state index contributed by atoms with van der Waals surface area (Å²) in [6, 6.07) is 5.09. The fourth-order valence-corrected chi connectivity index (χ4v) is 1.19. The highest BCUT2D eigenvalue weighted by Crippen LogP contribution is 2.26. The Balaban J connectivity index is 2.63. The molecule has 0 heterocycles. The largest absolute Gasteiger partial charge is 0.504 e. The molecular formula is C11H13N3O2. The van der Waals surface area contributed by atoms with E-state index in [1.54, 1.807) is 18.2 Å². The van der Waals surface area contributed by atoms with Crippen molar-refractivity contribution in [1.29, 1.82) is 0 Å². The second kappa shape index (κ2) is 6.37. The van der Waals surface area contributed by atoms with Crippen LogP contribution in [-0.4, -0.2) is 18.8 Å². The number of hydrogen-bond acceptors (Lipinski definition) is 3. The summed E-state index contributed by atoms with van der Waals surface area (Å²) in [7, 11) is 1.50. The number of methoxy groups -OCH3 is 1. The number of azide groups is 1. The molecule has 0 spiro atoms. The zero-order valence-electron chi connectivity index (χ0n) is 9.00. The van der Waals surface area contributed by atoms with Gasteiger partial charge < -0.3 is 9.84 Å². The lowest BCUT2D eigenvalue weighted by Crippen LogP contribution is -1.84. The average Bonchev–Trinajstić information content (AvgIpc) is 2.31. The maximum absolute atomic E-state index is 9.37. The fraction of sp³-hybridized carbons (Fsp3) is 0.273. The number of benzene rings is 1. The zero-order valence-corrected chi connectivity index (χ0v) is 9.00. The van der Waals surface area contributed by atoms with Crippen molar-refractivity contribution < 1.29 is 9.84 Å². The van der Waals surface area contributed by atoms with Crippen LogP contribution in [0.15, 0.2) is 29.4 Å². The van der Waals surface area contributed by atoms with Crippen LogP contribution in [0.2, 0.25) is 0 Å². The Bertz CT molecular complexity index is 423. The van der Waals surface area contributed by atoms with Crippen LogP contribution in [0.5, 0.6) is 11.5 Å². The maximum Gasteiger partial charge on any atom is 0.161 e. The van der Waals surface area contributed by atoms with Gasteiger partial charge in [-0.15, -0.1) is 0 Å². The highest BCUT2D eigenvalue weighted by Gasteiger charge is 1.99. The highest BCUT2D eigenvalue weighted by atomic mass is 16.5. The van der Waals surface area contributed by atoms with Gasteiger partial charge >= 0.3 is 0 Å². The Morgan fingerprint density at radius 3 is 3.06 bits per heavy atom. The molecule has 0 fully saturated rings. The van der Waals surface area contributed by atoms with Crippen molar-refractivity contribution in [2.45, 2.75) is 6.42 Å². The van der Waals surface area contributed by atoms with E-state index in [0.29, 0.717) is 18.7 Å². The normalized spacial score (nSPS) is 10.1. The van der Waals surface area contributed by atoms with Crippen LogP contribution in [-0.2, 0) is 0 Å². The Kier molecular flexibility index (Phi) is 4.76. The summed E-state index contributed by atoms with van der Waals surface area (Å²) >= 11 is 0. The van der Waals surface area contributed by atoms with E-state index >= 15 is 0 Å². The first-order valence-electron chi connectivity index (χ1n) is 4.82. The lowest BCUT2D eigenvalue weighted by atomic mass is 10.2. The Labute approximate surface area is 93.6 Å². The van der Waals surface area contributed by atoms with Crippen molar-refractivity contribution in [3.8, 4) is 11.5 Å². The van der Waals surface area contributed by atoms with Crippen LogP contribution in [0.1, 0.15) is 12.0 Å². The molecule has 0 unspecified atom stereocenters. The Morgan fingerprint density at radius 1 is 1.56 bits per heavy atom. The number of rotatable bonds is 5. The van der Waals surface area contributed by atoms with Gasteiger partial charge in [0.05, 0.1) is 7.11 Å². The van der Waals surface area contributed by atoms with Crippen molar-refractivity contribution in [2.24, 2.45) is 5.11 Å². The van der Waals surface area contributed by atoms with E-state index in [-0.39, 0.29) is 5.75 Å². The van der Waals surface area contributed by atoms with Gasteiger partial charge in [-0.3, -0.25) is 0 Å². The number of nitrogens with zero attached hydrogens (tertiary/aromatic N) is 3. The van der Waals surface area contributed by atoms with Gasteiger partial charge in [0.25, 0.3) is 0 Å². The first kappa shape index (κ1) is 11.9. The quantitative estimate of drug-likeness (QED) is 0.357. The molecule has 0 atom stereocenters. The SMILES string of the molecule is COc1cc(C=CCCN=[N+]=[N-])ccc1O. The van der Waals surface area contributed by atoms with E-state index < -0.39 is 0 Å². The molecule has 84 valence electrons. The minimum atomic E-state index is 0.119. The van der Waals surface area contributed by atoms with E-state index in [4.69, 9.17) is 10.3 Å². The summed E-state index contributed by atoms with van der Waals surface area (Å²) < 4.78 is 4.98. The smallest absolute Gasteiger partial charge is 0.161 e. The molecule has 0 radical (unpaired) electrons. The molecule has 0 aromatic heterocycles. The van der Waals surface area contributed by atoms with Crippen LogP contribution >= 0.6 is 0 Å². The highest BCUT2D eigenvalue weighted by molar-refractivity contribution is 5.55. The van der Waals surface area contributed by atoms with E-state index in [1.165, 1.54) is 7.11 Å². The van der Waals surface area contributed by atoms with Crippen LogP contribution in [0.3, 0.4) is 0 Å². The first-order valence-corrected chi connectivity index (χ1v) is 4.82. The number of ether oxygens (including phenoxy) is 1. The third kappa shape index (κ3) is 3.55. The summed E-state index contributed by atoms with van der Waals surface area (Å²) in [5.74, 6) is 0.561. The number of phenols is 1. The monoisotopic (exact) mass is 219 g/mol. The fourth-order valence-electron chi connectivity index (χ4n) is 1.19. The van der Waals surface area contributed by atoms with E-state index in [0.717, 1.165) is 5.56 Å².